The van der Waals surface area contributed by atoms with Crippen LogP contribution < -0.4 is 4.90 Å². The summed E-state index contributed by atoms with van der Waals surface area (Å²) in [5.41, 5.74) is 1.90. The van der Waals surface area contributed by atoms with Crippen LogP contribution in [0.4, 0.5) is 11.4 Å². The fourth-order valence-corrected chi connectivity index (χ4v) is 4.66. The number of thiocarbonyl (C=S) groups is 1. The Morgan fingerprint density at radius 1 is 1.13 bits per heavy atom. The van der Waals surface area contributed by atoms with Crippen LogP contribution in [0.25, 0.3) is 11.8 Å². The molecule has 4 rings (SSSR count). The lowest BCUT2D eigenvalue weighted by molar-refractivity contribution is -0.384. The highest BCUT2D eigenvalue weighted by atomic mass is 79.9. The third-order valence-corrected chi connectivity index (χ3v) is 6.87. The maximum absolute atomic E-state index is 13.0. The summed E-state index contributed by atoms with van der Waals surface area (Å²) in [5.74, 6) is -0.254. The normalized spacial score (nSPS) is 15.3. The number of carbonyl (C=O) groups excluding carboxylic acids is 1. The Bertz CT molecular complexity index is 1240. The first kappa shape index (κ1) is 20.8. The van der Waals surface area contributed by atoms with Gasteiger partial charge in [-0.25, -0.2) is 0 Å². The number of benzene rings is 2. The van der Waals surface area contributed by atoms with E-state index in [2.05, 4.69) is 15.9 Å². The highest BCUT2D eigenvalue weighted by Crippen LogP contribution is 2.38. The Balaban J connectivity index is 1.69. The molecule has 10 heteroatoms. The smallest absolute Gasteiger partial charge is 0.271 e. The standard InChI is InChI=1S/C20H11BrClN3O3S2/c21-16-7-6-14(10-17(16)22)24-19(26)18(30-20(24)29)11-13-5-2-8-23(13)12-3-1-4-15(9-12)25(27)28/h1-11H/b18-11-. The van der Waals surface area contributed by atoms with Gasteiger partial charge in [-0.2, -0.15) is 0 Å². The number of halogens is 2. The van der Waals surface area contributed by atoms with Gasteiger partial charge in [0.25, 0.3) is 11.6 Å². The van der Waals surface area contributed by atoms with E-state index in [9.17, 15) is 14.9 Å². The molecule has 150 valence electrons. The Hall–Kier alpha value is -2.46. The molecule has 1 aromatic heterocycles. The number of anilines is 1. The molecular weight excluding hydrogens is 510 g/mol. The number of aromatic nitrogens is 1. The van der Waals surface area contributed by atoms with Crippen LogP contribution in [0.2, 0.25) is 5.02 Å². The van der Waals surface area contributed by atoms with Gasteiger partial charge < -0.3 is 4.57 Å². The minimum Gasteiger partial charge on any atom is -0.317 e. The van der Waals surface area contributed by atoms with Crippen molar-refractivity contribution in [1.82, 2.24) is 4.57 Å². The number of amides is 1. The molecule has 0 atom stereocenters. The predicted octanol–water partition coefficient (Wildman–Crippen LogP) is 6.21. The Morgan fingerprint density at radius 2 is 1.93 bits per heavy atom. The molecule has 0 saturated carbocycles. The molecule has 6 nitrogen and oxygen atoms in total. The summed E-state index contributed by atoms with van der Waals surface area (Å²) < 4.78 is 2.90. The summed E-state index contributed by atoms with van der Waals surface area (Å²) in [4.78, 5) is 25.6. The van der Waals surface area contributed by atoms with Gasteiger partial charge in [0.05, 0.1) is 26.2 Å². The highest BCUT2D eigenvalue weighted by Gasteiger charge is 2.33. The van der Waals surface area contributed by atoms with E-state index >= 15 is 0 Å². The fourth-order valence-electron chi connectivity index (χ4n) is 2.95. The number of nitro benzene ring substituents is 1. The van der Waals surface area contributed by atoms with Crippen LogP contribution in [0.5, 0.6) is 0 Å². The zero-order valence-corrected chi connectivity index (χ0v) is 19.0. The Labute approximate surface area is 194 Å². The first-order chi connectivity index (χ1) is 14.3. The van der Waals surface area contributed by atoms with Crippen molar-refractivity contribution in [2.45, 2.75) is 0 Å². The number of hydrogen-bond donors (Lipinski definition) is 0. The number of carbonyl (C=O) groups is 1. The maximum Gasteiger partial charge on any atom is 0.271 e. The number of nitrogens with zero attached hydrogens (tertiary/aromatic N) is 3. The van der Waals surface area contributed by atoms with E-state index in [0.29, 0.717) is 31.3 Å². The van der Waals surface area contributed by atoms with Gasteiger partial charge >= 0.3 is 0 Å². The van der Waals surface area contributed by atoms with Gasteiger partial charge in [-0.3, -0.25) is 19.8 Å². The van der Waals surface area contributed by atoms with Crippen molar-refractivity contribution in [3.8, 4) is 5.69 Å². The Morgan fingerprint density at radius 3 is 2.67 bits per heavy atom. The van der Waals surface area contributed by atoms with Crippen LogP contribution in [0.15, 0.2) is 70.2 Å². The average molecular weight is 521 g/mol. The molecule has 2 heterocycles. The van der Waals surface area contributed by atoms with Gasteiger partial charge in [0.1, 0.15) is 0 Å². The second kappa shape index (κ2) is 8.35. The molecule has 2 aromatic carbocycles. The van der Waals surface area contributed by atoms with Crippen LogP contribution >= 0.6 is 51.5 Å². The molecule has 1 aliphatic rings. The van der Waals surface area contributed by atoms with Gasteiger partial charge in [0, 0.05) is 28.5 Å². The van der Waals surface area contributed by atoms with E-state index in [0.717, 1.165) is 4.47 Å². The summed E-state index contributed by atoms with van der Waals surface area (Å²) in [6.07, 6.45) is 3.50. The van der Waals surface area contributed by atoms with Crippen molar-refractivity contribution < 1.29 is 9.72 Å². The molecule has 1 amide bonds. The number of non-ortho nitro benzene ring substituents is 1. The van der Waals surface area contributed by atoms with Gasteiger partial charge in [-0.05, 0) is 58.4 Å². The van der Waals surface area contributed by atoms with Crippen LogP contribution in [0.3, 0.4) is 0 Å². The zero-order chi connectivity index (χ0) is 21.4. The minimum atomic E-state index is -0.443. The van der Waals surface area contributed by atoms with Gasteiger partial charge in [-0.1, -0.05) is 41.6 Å². The van der Waals surface area contributed by atoms with E-state index < -0.39 is 4.92 Å². The molecule has 0 N–H and O–H groups in total. The van der Waals surface area contributed by atoms with E-state index in [1.54, 1.807) is 53.2 Å². The maximum atomic E-state index is 13.0. The third-order valence-electron chi connectivity index (χ3n) is 4.33. The van der Waals surface area contributed by atoms with E-state index in [4.69, 9.17) is 23.8 Å². The van der Waals surface area contributed by atoms with Crippen LogP contribution in [-0.2, 0) is 4.79 Å². The van der Waals surface area contributed by atoms with Gasteiger partial charge in [-0.15, -0.1) is 0 Å². The minimum absolute atomic E-state index is 0.00871. The molecule has 1 fully saturated rings. The van der Waals surface area contributed by atoms with E-state index in [1.165, 1.54) is 28.8 Å². The number of nitro groups is 1. The predicted molar refractivity (Wildman–Crippen MR) is 127 cm³/mol. The van der Waals surface area contributed by atoms with Gasteiger partial charge in [0.2, 0.25) is 0 Å². The van der Waals surface area contributed by atoms with Crippen LogP contribution in [0, 0.1) is 10.1 Å². The molecule has 0 aliphatic carbocycles. The fraction of sp³-hybridized carbons (Fsp3) is 0. The SMILES string of the molecule is O=C1/C(=C/c2cccn2-c2cccc([N+](=O)[O-])c2)SC(=S)N1c1ccc(Br)c(Cl)c1. The second-order valence-corrected chi connectivity index (χ2v) is 9.13. The molecule has 0 unspecified atom stereocenters. The molecule has 0 bridgehead atoms. The zero-order valence-electron chi connectivity index (χ0n) is 15.0. The number of hydrogen-bond acceptors (Lipinski definition) is 5. The lowest BCUT2D eigenvalue weighted by atomic mass is 10.2. The summed E-state index contributed by atoms with van der Waals surface area (Å²) in [7, 11) is 0. The quantitative estimate of drug-likeness (QED) is 0.177. The number of rotatable bonds is 4. The molecule has 0 spiro atoms. The van der Waals surface area contributed by atoms with Crippen LogP contribution in [-0.4, -0.2) is 19.7 Å². The molecule has 0 radical (unpaired) electrons. The first-order valence-corrected chi connectivity index (χ1v) is 10.9. The topological polar surface area (TPSA) is 68.4 Å². The first-order valence-electron chi connectivity index (χ1n) is 8.50. The summed E-state index contributed by atoms with van der Waals surface area (Å²) >= 11 is 16.1. The largest absolute Gasteiger partial charge is 0.317 e. The molecular formula is C20H11BrClN3O3S2. The summed E-state index contributed by atoms with van der Waals surface area (Å²) in [5, 5.41) is 11.6. The number of thioether (sulfide) groups is 1. The van der Waals surface area contributed by atoms with Crippen LogP contribution in [0.1, 0.15) is 5.69 Å². The lowest BCUT2D eigenvalue weighted by Crippen LogP contribution is -2.27. The van der Waals surface area contributed by atoms with E-state index in [-0.39, 0.29) is 11.6 Å². The van der Waals surface area contributed by atoms with E-state index in [1.807, 2.05) is 6.07 Å². The Kier molecular flexibility index (Phi) is 5.79. The lowest BCUT2D eigenvalue weighted by Gasteiger charge is -2.15. The summed E-state index contributed by atoms with van der Waals surface area (Å²) in [6, 6.07) is 15.1. The molecule has 1 aliphatic heterocycles. The van der Waals surface area contributed by atoms with Crippen molar-refractivity contribution in [2.75, 3.05) is 4.90 Å². The average Bonchev–Trinajstić information content (AvgIpc) is 3.29. The van der Waals surface area contributed by atoms with Crippen molar-refractivity contribution in [3.05, 3.63) is 91.0 Å². The monoisotopic (exact) mass is 519 g/mol. The van der Waals surface area contributed by atoms with Crippen molar-refractivity contribution in [3.63, 3.8) is 0 Å². The second-order valence-electron chi connectivity index (χ2n) is 6.20. The van der Waals surface area contributed by atoms with Crippen molar-refractivity contribution >= 4 is 79.2 Å². The molecule has 3 aromatic rings. The van der Waals surface area contributed by atoms with Crippen molar-refractivity contribution in [1.29, 1.82) is 0 Å². The molecule has 30 heavy (non-hydrogen) atoms. The summed E-state index contributed by atoms with van der Waals surface area (Å²) in [6.45, 7) is 0. The van der Waals surface area contributed by atoms with Crippen molar-refractivity contribution in [2.24, 2.45) is 0 Å². The third kappa shape index (κ3) is 3.93. The molecule has 1 saturated heterocycles. The highest BCUT2D eigenvalue weighted by molar-refractivity contribution is 9.10. The van der Waals surface area contributed by atoms with Gasteiger partial charge in [0.15, 0.2) is 4.32 Å².